The molecular formula is C13H19BrN2. The van der Waals surface area contributed by atoms with Crippen molar-refractivity contribution in [2.24, 2.45) is 0 Å². The van der Waals surface area contributed by atoms with Gasteiger partial charge in [0.25, 0.3) is 0 Å². The zero-order valence-electron chi connectivity index (χ0n) is 9.94. The predicted octanol–water partition coefficient (Wildman–Crippen LogP) is 3.23. The van der Waals surface area contributed by atoms with Crippen LogP contribution < -0.4 is 10.6 Å². The number of nitrogens with one attached hydrogen (secondary N) is 2. The van der Waals surface area contributed by atoms with Crippen LogP contribution in [0.5, 0.6) is 0 Å². The van der Waals surface area contributed by atoms with E-state index in [0.29, 0.717) is 6.04 Å². The number of aryl methyl sites for hydroxylation is 2. The second-order valence-corrected chi connectivity index (χ2v) is 5.50. The van der Waals surface area contributed by atoms with Gasteiger partial charge >= 0.3 is 0 Å². The van der Waals surface area contributed by atoms with Crippen LogP contribution in [0.25, 0.3) is 0 Å². The van der Waals surface area contributed by atoms with Crippen molar-refractivity contribution in [3.63, 3.8) is 0 Å². The quantitative estimate of drug-likeness (QED) is 0.890. The molecule has 0 aliphatic carbocycles. The molecule has 16 heavy (non-hydrogen) atoms. The van der Waals surface area contributed by atoms with Crippen molar-refractivity contribution in [1.82, 2.24) is 5.32 Å². The smallest absolute Gasteiger partial charge is 0.0400 e. The maximum Gasteiger partial charge on any atom is 0.0400 e. The first-order chi connectivity index (χ1) is 7.66. The Bertz CT molecular complexity index is 347. The number of anilines is 1. The van der Waals surface area contributed by atoms with Crippen molar-refractivity contribution in [3.05, 3.63) is 27.7 Å². The molecule has 88 valence electrons. The first kappa shape index (κ1) is 11.9. The molecule has 1 unspecified atom stereocenters. The second kappa shape index (κ2) is 5.19. The fraction of sp³-hybridized carbons (Fsp3) is 0.538. The van der Waals surface area contributed by atoms with Gasteiger partial charge in [-0.3, -0.25) is 0 Å². The summed E-state index contributed by atoms with van der Waals surface area (Å²) in [6.45, 7) is 6.51. The van der Waals surface area contributed by atoms with Gasteiger partial charge in [0.05, 0.1) is 0 Å². The summed E-state index contributed by atoms with van der Waals surface area (Å²) in [7, 11) is 0. The van der Waals surface area contributed by atoms with Crippen molar-refractivity contribution in [1.29, 1.82) is 0 Å². The lowest BCUT2D eigenvalue weighted by atomic mass is 10.1. The molecule has 1 atom stereocenters. The van der Waals surface area contributed by atoms with E-state index in [4.69, 9.17) is 0 Å². The summed E-state index contributed by atoms with van der Waals surface area (Å²) in [4.78, 5) is 0. The minimum atomic E-state index is 0.641. The van der Waals surface area contributed by atoms with Gasteiger partial charge in [-0.05, 0) is 56.5 Å². The van der Waals surface area contributed by atoms with E-state index in [0.717, 1.165) is 11.0 Å². The van der Waals surface area contributed by atoms with Gasteiger partial charge in [0, 0.05) is 22.7 Å². The minimum Gasteiger partial charge on any atom is -0.383 e. The third-order valence-electron chi connectivity index (χ3n) is 3.19. The summed E-state index contributed by atoms with van der Waals surface area (Å²) in [5.74, 6) is 0. The lowest BCUT2D eigenvalue weighted by Crippen LogP contribution is -2.29. The Kier molecular flexibility index (Phi) is 3.87. The molecule has 2 N–H and O–H groups in total. The van der Waals surface area contributed by atoms with E-state index in [1.165, 1.54) is 36.2 Å². The molecule has 0 bridgehead atoms. The Hall–Kier alpha value is -0.540. The van der Waals surface area contributed by atoms with Gasteiger partial charge in [-0.2, -0.15) is 0 Å². The third-order valence-corrected chi connectivity index (χ3v) is 3.64. The zero-order chi connectivity index (χ0) is 11.5. The molecule has 0 aromatic heterocycles. The van der Waals surface area contributed by atoms with Crippen LogP contribution in [-0.2, 0) is 0 Å². The van der Waals surface area contributed by atoms with E-state index in [9.17, 15) is 0 Å². The van der Waals surface area contributed by atoms with Gasteiger partial charge in [-0.25, -0.2) is 0 Å². The third kappa shape index (κ3) is 2.77. The molecule has 0 saturated carbocycles. The molecule has 1 heterocycles. The number of rotatable bonds is 3. The molecule has 0 spiro atoms. The molecule has 1 aromatic carbocycles. The second-order valence-electron chi connectivity index (χ2n) is 4.59. The molecule has 1 aromatic rings. The van der Waals surface area contributed by atoms with Crippen molar-refractivity contribution >= 4 is 21.6 Å². The standard InChI is InChI=1S/C13H19BrN2/c1-9-6-11(14)7-10(2)13(9)16-8-12-4-3-5-15-12/h6-7,12,15-16H,3-5,8H2,1-2H3. The lowest BCUT2D eigenvalue weighted by molar-refractivity contribution is 0.633. The largest absolute Gasteiger partial charge is 0.383 e. The van der Waals surface area contributed by atoms with Crippen LogP contribution in [0.4, 0.5) is 5.69 Å². The molecule has 1 aliphatic rings. The highest BCUT2D eigenvalue weighted by Gasteiger charge is 2.14. The summed E-state index contributed by atoms with van der Waals surface area (Å²) >= 11 is 3.52. The van der Waals surface area contributed by atoms with Gasteiger partial charge in [0.1, 0.15) is 0 Å². The van der Waals surface area contributed by atoms with Gasteiger partial charge < -0.3 is 10.6 Å². The van der Waals surface area contributed by atoms with Crippen molar-refractivity contribution in [2.75, 3.05) is 18.4 Å². The highest BCUT2D eigenvalue weighted by molar-refractivity contribution is 9.10. The molecule has 2 rings (SSSR count). The van der Waals surface area contributed by atoms with Crippen LogP contribution in [0, 0.1) is 13.8 Å². The molecule has 3 heteroatoms. The zero-order valence-corrected chi connectivity index (χ0v) is 11.5. The van der Waals surface area contributed by atoms with Crippen LogP contribution >= 0.6 is 15.9 Å². The van der Waals surface area contributed by atoms with E-state index < -0.39 is 0 Å². The van der Waals surface area contributed by atoms with Crippen LogP contribution in [0.1, 0.15) is 24.0 Å². The highest BCUT2D eigenvalue weighted by Crippen LogP contribution is 2.25. The van der Waals surface area contributed by atoms with Crippen LogP contribution in [0.15, 0.2) is 16.6 Å². The Labute approximate surface area is 106 Å². The van der Waals surface area contributed by atoms with E-state index >= 15 is 0 Å². The van der Waals surface area contributed by atoms with Gasteiger partial charge in [-0.1, -0.05) is 15.9 Å². The fourth-order valence-corrected chi connectivity index (χ4v) is 3.03. The molecule has 0 amide bonds. The number of benzene rings is 1. The van der Waals surface area contributed by atoms with Crippen LogP contribution in [0.2, 0.25) is 0 Å². The number of halogens is 1. The lowest BCUT2D eigenvalue weighted by Gasteiger charge is -2.16. The van der Waals surface area contributed by atoms with Crippen molar-refractivity contribution in [3.8, 4) is 0 Å². The van der Waals surface area contributed by atoms with E-state index in [1.54, 1.807) is 0 Å². The van der Waals surface area contributed by atoms with E-state index in [1.807, 2.05) is 0 Å². The van der Waals surface area contributed by atoms with Gasteiger partial charge in [0.2, 0.25) is 0 Å². The summed E-state index contributed by atoms with van der Waals surface area (Å²) in [5.41, 5.74) is 3.91. The summed E-state index contributed by atoms with van der Waals surface area (Å²) < 4.78 is 1.16. The van der Waals surface area contributed by atoms with Crippen molar-refractivity contribution in [2.45, 2.75) is 32.7 Å². The van der Waals surface area contributed by atoms with Crippen LogP contribution in [0.3, 0.4) is 0 Å². The summed E-state index contributed by atoms with van der Waals surface area (Å²) in [5, 5.41) is 7.07. The summed E-state index contributed by atoms with van der Waals surface area (Å²) in [6.07, 6.45) is 2.60. The average molecular weight is 283 g/mol. The topological polar surface area (TPSA) is 24.1 Å². The normalized spacial score (nSPS) is 20.1. The average Bonchev–Trinajstić information content (AvgIpc) is 2.68. The Morgan fingerprint density at radius 1 is 1.38 bits per heavy atom. The van der Waals surface area contributed by atoms with E-state index in [-0.39, 0.29) is 0 Å². The Morgan fingerprint density at radius 3 is 2.62 bits per heavy atom. The predicted molar refractivity (Wildman–Crippen MR) is 73.1 cm³/mol. The SMILES string of the molecule is Cc1cc(Br)cc(C)c1NCC1CCCN1. The highest BCUT2D eigenvalue weighted by atomic mass is 79.9. The first-order valence-electron chi connectivity index (χ1n) is 5.91. The molecule has 2 nitrogen and oxygen atoms in total. The Balaban J connectivity index is 2.03. The molecule has 1 saturated heterocycles. The molecular weight excluding hydrogens is 264 g/mol. The van der Waals surface area contributed by atoms with Gasteiger partial charge in [0.15, 0.2) is 0 Å². The van der Waals surface area contributed by atoms with Crippen LogP contribution in [-0.4, -0.2) is 19.1 Å². The number of hydrogen-bond acceptors (Lipinski definition) is 2. The van der Waals surface area contributed by atoms with Crippen molar-refractivity contribution < 1.29 is 0 Å². The minimum absolute atomic E-state index is 0.641. The molecule has 1 fully saturated rings. The maximum absolute atomic E-state index is 3.57. The monoisotopic (exact) mass is 282 g/mol. The fourth-order valence-electron chi connectivity index (χ4n) is 2.35. The molecule has 0 radical (unpaired) electrons. The molecule has 1 aliphatic heterocycles. The summed E-state index contributed by atoms with van der Waals surface area (Å²) in [6, 6.07) is 4.97. The first-order valence-corrected chi connectivity index (χ1v) is 6.70. The Morgan fingerprint density at radius 2 is 2.06 bits per heavy atom. The van der Waals surface area contributed by atoms with E-state index in [2.05, 4.69) is 52.5 Å². The maximum atomic E-state index is 3.57. The van der Waals surface area contributed by atoms with Gasteiger partial charge in [-0.15, -0.1) is 0 Å². The number of hydrogen-bond donors (Lipinski definition) is 2.